The van der Waals surface area contributed by atoms with Gasteiger partial charge in [0.05, 0.1) is 21.3 Å². The van der Waals surface area contributed by atoms with Crippen LogP contribution in [0.2, 0.25) is 0 Å². The van der Waals surface area contributed by atoms with E-state index in [0.29, 0.717) is 29.2 Å². The number of methoxy groups -OCH3 is 3. The number of ketones is 1. The highest BCUT2D eigenvalue weighted by molar-refractivity contribution is 9.10. The molecule has 0 bridgehead atoms. The number of carbonyl (C=O) groups is 1. The van der Waals surface area contributed by atoms with Crippen molar-refractivity contribution < 1.29 is 19.0 Å². The molecule has 1 aromatic heterocycles. The largest absolute Gasteiger partial charge is 0.493 e. The van der Waals surface area contributed by atoms with Crippen LogP contribution in [0.1, 0.15) is 15.2 Å². The van der Waals surface area contributed by atoms with Gasteiger partial charge in [-0.25, -0.2) is 0 Å². The van der Waals surface area contributed by atoms with Crippen molar-refractivity contribution in [3.8, 4) is 17.2 Å². The van der Waals surface area contributed by atoms with Crippen LogP contribution in [0.4, 0.5) is 0 Å². The molecule has 0 amide bonds. The summed E-state index contributed by atoms with van der Waals surface area (Å²) < 4.78 is 16.8. The van der Waals surface area contributed by atoms with E-state index >= 15 is 0 Å². The van der Waals surface area contributed by atoms with Crippen molar-refractivity contribution in [1.29, 1.82) is 0 Å². The normalized spacial score (nSPS) is 10.3. The number of rotatable bonds is 6. The van der Waals surface area contributed by atoms with Gasteiger partial charge in [-0.15, -0.1) is 11.3 Å². The maximum Gasteiger partial charge on any atom is 0.203 e. The SMILES string of the molecule is COc1cc(C(=O)Cc2cc(Br)cs2)cc(OC)c1OC. The van der Waals surface area contributed by atoms with Crippen molar-refractivity contribution in [2.24, 2.45) is 0 Å². The van der Waals surface area contributed by atoms with Gasteiger partial charge < -0.3 is 14.2 Å². The van der Waals surface area contributed by atoms with Crippen LogP contribution in [-0.4, -0.2) is 27.1 Å². The molecule has 0 unspecified atom stereocenters. The predicted octanol–water partition coefficient (Wildman–Crippen LogP) is 3.96. The van der Waals surface area contributed by atoms with Gasteiger partial charge in [-0.1, -0.05) is 0 Å². The van der Waals surface area contributed by atoms with Crippen LogP contribution >= 0.6 is 27.3 Å². The van der Waals surface area contributed by atoms with Gasteiger partial charge >= 0.3 is 0 Å². The average Bonchev–Trinajstić information content (AvgIpc) is 2.90. The Kier molecular flexibility index (Phi) is 5.25. The Morgan fingerprint density at radius 1 is 1.10 bits per heavy atom. The topological polar surface area (TPSA) is 44.8 Å². The summed E-state index contributed by atoms with van der Waals surface area (Å²) in [4.78, 5) is 13.4. The first-order valence-electron chi connectivity index (χ1n) is 6.15. The number of Topliss-reactive ketones (excluding diaryl/α,β-unsaturated/α-hetero) is 1. The summed E-state index contributed by atoms with van der Waals surface area (Å²) in [5.74, 6) is 1.44. The number of ether oxygens (including phenoxy) is 3. The number of thiophene rings is 1. The molecule has 0 fully saturated rings. The van der Waals surface area contributed by atoms with Crippen LogP contribution < -0.4 is 14.2 Å². The molecule has 2 rings (SSSR count). The van der Waals surface area contributed by atoms with E-state index in [4.69, 9.17) is 14.2 Å². The Morgan fingerprint density at radius 3 is 2.14 bits per heavy atom. The van der Waals surface area contributed by atoms with Gasteiger partial charge in [0.2, 0.25) is 5.75 Å². The molecule has 0 spiro atoms. The molecule has 0 aliphatic heterocycles. The zero-order valence-electron chi connectivity index (χ0n) is 11.9. The molecule has 0 aliphatic rings. The van der Waals surface area contributed by atoms with Crippen molar-refractivity contribution in [3.63, 3.8) is 0 Å². The van der Waals surface area contributed by atoms with Crippen LogP contribution in [0.3, 0.4) is 0 Å². The lowest BCUT2D eigenvalue weighted by Crippen LogP contribution is -2.04. The highest BCUT2D eigenvalue weighted by Gasteiger charge is 2.17. The van der Waals surface area contributed by atoms with Gasteiger partial charge in [-0.3, -0.25) is 4.79 Å². The maximum absolute atomic E-state index is 12.4. The fourth-order valence-electron chi connectivity index (χ4n) is 1.95. The molecule has 6 heteroatoms. The van der Waals surface area contributed by atoms with E-state index in [9.17, 15) is 4.79 Å². The lowest BCUT2D eigenvalue weighted by molar-refractivity contribution is 0.0993. The third kappa shape index (κ3) is 3.57. The van der Waals surface area contributed by atoms with E-state index in [1.165, 1.54) is 21.3 Å². The Morgan fingerprint density at radius 2 is 1.71 bits per heavy atom. The minimum absolute atomic E-state index is 0.00334. The second-order valence-corrected chi connectivity index (χ2v) is 6.16. The van der Waals surface area contributed by atoms with E-state index in [1.54, 1.807) is 23.5 Å². The van der Waals surface area contributed by atoms with Crippen LogP contribution in [-0.2, 0) is 6.42 Å². The minimum Gasteiger partial charge on any atom is -0.493 e. The lowest BCUT2D eigenvalue weighted by atomic mass is 10.1. The smallest absolute Gasteiger partial charge is 0.203 e. The van der Waals surface area contributed by atoms with Crippen LogP contribution in [0, 0.1) is 0 Å². The van der Waals surface area contributed by atoms with Crippen molar-refractivity contribution in [2.75, 3.05) is 21.3 Å². The van der Waals surface area contributed by atoms with Gasteiger partial charge in [-0.2, -0.15) is 0 Å². The fraction of sp³-hybridized carbons (Fsp3) is 0.267. The van der Waals surface area contributed by atoms with Crippen molar-refractivity contribution in [2.45, 2.75) is 6.42 Å². The van der Waals surface area contributed by atoms with Crippen LogP contribution in [0.5, 0.6) is 17.2 Å². The monoisotopic (exact) mass is 370 g/mol. The summed E-state index contributed by atoms with van der Waals surface area (Å²) in [6, 6.07) is 5.29. The number of hydrogen-bond acceptors (Lipinski definition) is 5. The summed E-state index contributed by atoms with van der Waals surface area (Å²) in [6.45, 7) is 0. The van der Waals surface area contributed by atoms with Gasteiger partial charge in [0.1, 0.15) is 0 Å². The molecular formula is C15H15BrO4S. The Hall–Kier alpha value is -1.53. The number of benzene rings is 1. The second-order valence-electron chi connectivity index (χ2n) is 4.25. The molecule has 0 aliphatic carbocycles. The minimum atomic E-state index is 0.00334. The molecule has 0 atom stereocenters. The van der Waals surface area contributed by atoms with E-state index in [1.807, 2.05) is 11.4 Å². The van der Waals surface area contributed by atoms with E-state index < -0.39 is 0 Å². The maximum atomic E-state index is 12.4. The number of halogens is 1. The van der Waals surface area contributed by atoms with Crippen LogP contribution in [0.15, 0.2) is 28.1 Å². The highest BCUT2D eigenvalue weighted by atomic mass is 79.9. The molecule has 4 nitrogen and oxygen atoms in total. The van der Waals surface area contributed by atoms with Gasteiger partial charge in [-0.05, 0) is 34.1 Å². The first-order valence-corrected chi connectivity index (χ1v) is 7.82. The van der Waals surface area contributed by atoms with Crippen molar-refractivity contribution in [3.05, 3.63) is 38.5 Å². The molecule has 2 aromatic rings. The fourth-order valence-corrected chi connectivity index (χ4v) is 3.40. The average molecular weight is 371 g/mol. The summed E-state index contributed by atoms with van der Waals surface area (Å²) in [7, 11) is 4.59. The lowest BCUT2D eigenvalue weighted by Gasteiger charge is -2.13. The summed E-state index contributed by atoms with van der Waals surface area (Å²) in [5, 5.41) is 1.96. The number of hydrogen-bond donors (Lipinski definition) is 0. The first-order chi connectivity index (χ1) is 10.1. The Balaban J connectivity index is 2.32. The van der Waals surface area contributed by atoms with E-state index in [2.05, 4.69) is 15.9 Å². The first kappa shape index (κ1) is 15.9. The van der Waals surface area contributed by atoms with Gasteiger partial charge in [0.15, 0.2) is 17.3 Å². The van der Waals surface area contributed by atoms with Crippen LogP contribution in [0.25, 0.3) is 0 Å². The molecule has 0 saturated carbocycles. The highest BCUT2D eigenvalue weighted by Crippen LogP contribution is 2.38. The third-order valence-electron chi connectivity index (χ3n) is 2.94. The molecule has 0 N–H and O–H groups in total. The van der Waals surface area contributed by atoms with Crippen molar-refractivity contribution in [1.82, 2.24) is 0 Å². The van der Waals surface area contributed by atoms with Gasteiger partial charge in [0.25, 0.3) is 0 Å². The van der Waals surface area contributed by atoms with E-state index in [0.717, 1.165) is 9.35 Å². The molecular weight excluding hydrogens is 356 g/mol. The predicted molar refractivity (Wildman–Crippen MR) is 86.2 cm³/mol. The summed E-state index contributed by atoms with van der Waals surface area (Å²) in [5.41, 5.74) is 0.536. The van der Waals surface area contributed by atoms with Crippen molar-refractivity contribution >= 4 is 33.0 Å². The number of carbonyl (C=O) groups excluding carboxylic acids is 1. The zero-order valence-corrected chi connectivity index (χ0v) is 14.3. The Bertz CT molecular complexity index is 626. The molecule has 1 aromatic carbocycles. The Labute approximate surface area is 135 Å². The molecule has 112 valence electrons. The molecule has 1 heterocycles. The van der Waals surface area contributed by atoms with Gasteiger partial charge in [0, 0.05) is 26.7 Å². The molecule has 0 radical (unpaired) electrons. The standard InChI is InChI=1S/C15H15BrO4S/c1-18-13-4-9(5-14(19-2)15(13)20-3)12(17)7-11-6-10(16)8-21-11/h4-6,8H,7H2,1-3H3. The van der Waals surface area contributed by atoms with E-state index in [-0.39, 0.29) is 5.78 Å². The molecule has 21 heavy (non-hydrogen) atoms. The summed E-state index contributed by atoms with van der Waals surface area (Å²) in [6.07, 6.45) is 0.342. The zero-order chi connectivity index (χ0) is 15.4. The summed E-state index contributed by atoms with van der Waals surface area (Å²) >= 11 is 4.93. The quantitative estimate of drug-likeness (QED) is 0.721. The second kappa shape index (κ2) is 6.95. The molecule has 0 saturated heterocycles. The third-order valence-corrected chi connectivity index (χ3v) is 4.64.